The fourth-order valence-electron chi connectivity index (χ4n) is 2.54. The van der Waals surface area contributed by atoms with Crippen LogP contribution < -0.4 is 5.32 Å². The molecule has 3 heteroatoms. The van der Waals surface area contributed by atoms with E-state index in [1.165, 1.54) is 31.2 Å². The number of nitrogens with one attached hydrogen (secondary N) is 1. The van der Waals surface area contributed by atoms with Crippen LogP contribution in [0.1, 0.15) is 38.2 Å². The molecule has 0 heterocycles. The van der Waals surface area contributed by atoms with E-state index in [1.54, 1.807) is 0 Å². The molecule has 0 aliphatic heterocycles. The highest BCUT2D eigenvalue weighted by molar-refractivity contribution is 9.10. The van der Waals surface area contributed by atoms with Gasteiger partial charge in [0.1, 0.15) is 0 Å². The average molecular weight is 317 g/mol. The lowest BCUT2D eigenvalue weighted by molar-refractivity contribution is 0.279. The van der Waals surface area contributed by atoms with Crippen LogP contribution in [-0.4, -0.2) is 6.04 Å². The summed E-state index contributed by atoms with van der Waals surface area (Å²) in [5, 5.41) is 4.47. The highest BCUT2D eigenvalue weighted by atomic mass is 79.9. The highest BCUT2D eigenvalue weighted by Crippen LogP contribution is 2.25. The molecule has 1 aliphatic rings. The van der Waals surface area contributed by atoms with Crippen molar-refractivity contribution in [2.45, 2.75) is 45.2 Å². The van der Waals surface area contributed by atoms with E-state index in [2.05, 4.69) is 28.2 Å². The van der Waals surface area contributed by atoms with Gasteiger partial charge < -0.3 is 5.32 Å². The van der Waals surface area contributed by atoms with Crippen LogP contribution in [0.25, 0.3) is 0 Å². The first-order valence-electron chi connectivity index (χ1n) is 6.34. The van der Waals surface area contributed by atoms with E-state index in [0.717, 1.165) is 22.0 Å². The van der Waals surface area contributed by atoms with Crippen LogP contribution in [-0.2, 0) is 6.54 Å². The molecule has 1 aliphatic carbocycles. The molecule has 1 aromatic carbocycles. The third kappa shape index (κ3) is 3.70. The number of hydrogen-bond acceptors (Lipinski definition) is 1. The van der Waals surface area contributed by atoms with Crippen molar-refractivity contribution in [3.63, 3.8) is 0 Å². The normalized spacial score (nSPS) is 24.9. The van der Waals surface area contributed by atoms with E-state index in [4.69, 9.17) is 11.6 Å². The van der Waals surface area contributed by atoms with Crippen molar-refractivity contribution >= 4 is 27.5 Å². The molecule has 0 radical (unpaired) electrons. The Bertz CT molecular complexity index is 380. The molecule has 2 unspecified atom stereocenters. The minimum absolute atomic E-state index is 0.662. The third-order valence-corrected chi connectivity index (χ3v) is 4.68. The van der Waals surface area contributed by atoms with Crippen LogP contribution in [0, 0.1) is 5.92 Å². The Hall–Kier alpha value is -0.0500. The summed E-state index contributed by atoms with van der Waals surface area (Å²) in [6.07, 6.45) is 5.41. The van der Waals surface area contributed by atoms with Crippen molar-refractivity contribution in [1.82, 2.24) is 5.32 Å². The molecular weight excluding hydrogens is 298 g/mol. The second-order valence-electron chi connectivity index (χ2n) is 4.98. The molecule has 1 nitrogen and oxygen atoms in total. The van der Waals surface area contributed by atoms with Crippen molar-refractivity contribution in [2.75, 3.05) is 0 Å². The lowest BCUT2D eigenvalue weighted by Crippen LogP contribution is -2.36. The van der Waals surface area contributed by atoms with Crippen molar-refractivity contribution in [1.29, 1.82) is 0 Å². The largest absolute Gasteiger partial charge is 0.310 e. The van der Waals surface area contributed by atoms with E-state index >= 15 is 0 Å². The Morgan fingerprint density at radius 2 is 2.12 bits per heavy atom. The molecule has 2 rings (SSSR count). The van der Waals surface area contributed by atoms with Crippen molar-refractivity contribution in [3.8, 4) is 0 Å². The second kappa shape index (κ2) is 6.21. The Kier molecular flexibility index (Phi) is 4.89. The smallest absolute Gasteiger partial charge is 0.0410 e. The van der Waals surface area contributed by atoms with Crippen molar-refractivity contribution in [2.24, 2.45) is 5.92 Å². The Morgan fingerprint density at radius 1 is 1.35 bits per heavy atom. The van der Waals surface area contributed by atoms with Gasteiger partial charge in [-0.05, 0) is 42.5 Å². The van der Waals surface area contributed by atoms with Gasteiger partial charge in [-0.3, -0.25) is 0 Å². The van der Waals surface area contributed by atoms with E-state index in [9.17, 15) is 0 Å². The number of rotatable bonds is 3. The molecule has 1 fully saturated rings. The number of benzene rings is 1. The molecule has 17 heavy (non-hydrogen) atoms. The maximum absolute atomic E-state index is 6.02. The Balaban J connectivity index is 1.94. The fraction of sp³-hybridized carbons (Fsp3) is 0.571. The first-order valence-corrected chi connectivity index (χ1v) is 7.51. The SMILES string of the molecule is CC1CCCCC1NCc1cc(Cl)ccc1Br. The van der Waals surface area contributed by atoms with Crippen molar-refractivity contribution < 1.29 is 0 Å². The van der Waals surface area contributed by atoms with Crippen LogP contribution in [0.3, 0.4) is 0 Å². The topological polar surface area (TPSA) is 12.0 Å². The van der Waals surface area contributed by atoms with Crippen LogP contribution >= 0.6 is 27.5 Å². The van der Waals surface area contributed by atoms with Gasteiger partial charge in [-0.25, -0.2) is 0 Å². The molecule has 94 valence electrons. The van der Waals surface area contributed by atoms with Gasteiger partial charge in [0.05, 0.1) is 0 Å². The van der Waals surface area contributed by atoms with Gasteiger partial charge >= 0.3 is 0 Å². The van der Waals surface area contributed by atoms with Crippen LogP contribution in [0.4, 0.5) is 0 Å². The Morgan fingerprint density at radius 3 is 2.88 bits per heavy atom. The van der Waals surface area contributed by atoms with Gasteiger partial charge in [0.2, 0.25) is 0 Å². The van der Waals surface area contributed by atoms with Gasteiger partial charge in [0.15, 0.2) is 0 Å². The Labute approximate surface area is 117 Å². The molecule has 0 spiro atoms. The van der Waals surface area contributed by atoms with Gasteiger partial charge in [0, 0.05) is 22.1 Å². The first-order chi connectivity index (χ1) is 8.16. The summed E-state index contributed by atoms with van der Waals surface area (Å²) in [6, 6.07) is 6.63. The third-order valence-electron chi connectivity index (χ3n) is 3.67. The molecule has 0 bridgehead atoms. The quantitative estimate of drug-likeness (QED) is 0.847. The molecule has 1 N–H and O–H groups in total. The van der Waals surface area contributed by atoms with Gasteiger partial charge in [-0.2, -0.15) is 0 Å². The second-order valence-corrected chi connectivity index (χ2v) is 6.28. The summed E-state index contributed by atoms with van der Waals surface area (Å²) in [7, 11) is 0. The molecule has 1 aromatic rings. The summed E-state index contributed by atoms with van der Waals surface area (Å²) < 4.78 is 1.14. The van der Waals surface area contributed by atoms with Crippen LogP contribution in [0.5, 0.6) is 0 Å². The predicted octanol–water partition coefficient (Wildman–Crippen LogP) is 4.77. The predicted molar refractivity (Wildman–Crippen MR) is 77.4 cm³/mol. The first kappa shape index (κ1) is 13.4. The molecular formula is C14H19BrClN. The van der Waals surface area contributed by atoms with Crippen LogP contribution in [0.15, 0.2) is 22.7 Å². The van der Waals surface area contributed by atoms with Gasteiger partial charge in [-0.1, -0.05) is 47.3 Å². The molecule has 0 saturated heterocycles. The molecule has 2 atom stereocenters. The minimum Gasteiger partial charge on any atom is -0.310 e. The summed E-state index contributed by atoms with van der Waals surface area (Å²) >= 11 is 9.59. The standard InChI is InChI=1S/C14H19BrClN/c1-10-4-2-3-5-14(10)17-9-11-8-12(16)6-7-13(11)15/h6-8,10,14,17H,2-5,9H2,1H3. The van der Waals surface area contributed by atoms with E-state index in [0.29, 0.717) is 6.04 Å². The maximum Gasteiger partial charge on any atom is 0.0410 e. The number of hydrogen-bond donors (Lipinski definition) is 1. The highest BCUT2D eigenvalue weighted by Gasteiger charge is 2.20. The fourth-order valence-corrected chi connectivity index (χ4v) is 3.12. The van der Waals surface area contributed by atoms with E-state index < -0.39 is 0 Å². The summed E-state index contributed by atoms with van der Waals surface area (Å²) in [5.74, 6) is 0.793. The van der Waals surface area contributed by atoms with Crippen LogP contribution in [0.2, 0.25) is 5.02 Å². The van der Waals surface area contributed by atoms with Gasteiger partial charge in [0.25, 0.3) is 0 Å². The van der Waals surface area contributed by atoms with Gasteiger partial charge in [-0.15, -0.1) is 0 Å². The maximum atomic E-state index is 6.02. The summed E-state index contributed by atoms with van der Waals surface area (Å²) in [4.78, 5) is 0. The lowest BCUT2D eigenvalue weighted by Gasteiger charge is -2.29. The zero-order valence-corrected chi connectivity index (χ0v) is 12.5. The monoisotopic (exact) mass is 315 g/mol. The summed E-state index contributed by atoms with van der Waals surface area (Å²) in [6.45, 7) is 3.25. The lowest BCUT2D eigenvalue weighted by atomic mass is 9.86. The molecule has 0 amide bonds. The van der Waals surface area contributed by atoms with E-state index in [1.807, 2.05) is 18.2 Å². The zero-order chi connectivity index (χ0) is 12.3. The van der Waals surface area contributed by atoms with E-state index in [-0.39, 0.29) is 0 Å². The average Bonchev–Trinajstić information content (AvgIpc) is 2.32. The van der Waals surface area contributed by atoms with Crippen molar-refractivity contribution in [3.05, 3.63) is 33.3 Å². The minimum atomic E-state index is 0.662. The number of halogens is 2. The molecule has 1 saturated carbocycles. The summed E-state index contributed by atoms with van der Waals surface area (Å²) in [5.41, 5.74) is 1.25. The molecule has 0 aromatic heterocycles. The zero-order valence-electron chi connectivity index (χ0n) is 10.2.